The lowest BCUT2D eigenvalue weighted by atomic mass is 10.4. The largest absolute Gasteiger partial charge is 0.397 e. The van der Waals surface area contributed by atoms with E-state index in [1.54, 1.807) is 23.6 Å². The number of nitrogens with one attached hydrogen (secondary N) is 1. The van der Waals surface area contributed by atoms with E-state index < -0.39 is 0 Å². The Bertz CT molecular complexity index is 428. The fraction of sp³-hybridized carbons (Fsp3) is 0. The topological polar surface area (TPSA) is 50.9 Å². The molecular formula is C9H8ClN3S. The Hall–Kier alpha value is -1.26. The van der Waals surface area contributed by atoms with E-state index in [4.69, 9.17) is 17.3 Å². The molecule has 0 radical (unpaired) electrons. The highest BCUT2D eigenvalue weighted by Gasteiger charge is 2.02. The fourth-order valence-electron chi connectivity index (χ4n) is 1.02. The molecular weight excluding hydrogens is 218 g/mol. The van der Waals surface area contributed by atoms with Crippen molar-refractivity contribution in [2.45, 2.75) is 0 Å². The van der Waals surface area contributed by atoms with Crippen LogP contribution in [-0.4, -0.2) is 4.98 Å². The van der Waals surface area contributed by atoms with Crippen molar-refractivity contribution in [3.63, 3.8) is 0 Å². The minimum atomic E-state index is 0.524. The molecule has 0 fully saturated rings. The number of rotatable bonds is 2. The Kier molecular flexibility index (Phi) is 2.56. The summed E-state index contributed by atoms with van der Waals surface area (Å²) in [4.78, 5) is 4.09. The van der Waals surface area contributed by atoms with Gasteiger partial charge in [0, 0.05) is 5.38 Å². The van der Waals surface area contributed by atoms with Crippen molar-refractivity contribution in [1.29, 1.82) is 0 Å². The summed E-state index contributed by atoms with van der Waals surface area (Å²) in [6.45, 7) is 0. The molecule has 3 N–H and O–H groups in total. The van der Waals surface area contributed by atoms with Gasteiger partial charge in [0.2, 0.25) is 0 Å². The second-order valence-electron chi connectivity index (χ2n) is 2.74. The first kappa shape index (κ1) is 9.30. The van der Waals surface area contributed by atoms with Crippen molar-refractivity contribution >= 4 is 40.1 Å². The quantitative estimate of drug-likeness (QED) is 0.826. The number of nitrogens with zero attached hydrogens (tertiary/aromatic N) is 1. The molecule has 3 nitrogen and oxygen atoms in total. The lowest BCUT2D eigenvalue weighted by Gasteiger charge is -2.05. The zero-order chi connectivity index (χ0) is 9.97. The smallest absolute Gasteiger partial charge is 0.149 e. The molecule has 0 amide bonds. The summed E-state index contributed by atoms with van der Waals surface area (Å²) in [5.74, 6) is 0.624. The Morgan fingerprint density at radius 3 is 3.00 bits per heavy atom. The van der Waals surface area contributed by atoms with Crippen LogP contribution in [0.25, 0.3) is 0 Å². The third kappa shape index (κ3) is 1.97. The van der Waals surface area contributed by atoms with E-state index in [1.165, 1.54) is 0 Å². The molecule has 0 saturated carbocycles. The summed E-state index contributed by atoms with van der Waals surface area (Å²) >= 11 is 7.55. The first-order valence-electron chi connectivity index (χ1n) is 3.96. The number of anilines is 3. The van der Waals surface area contributed by atoms with E-state index in [9.17, 15) is 0 Å². The third-order valence-corrected chi connectivity index (χ3v) is 2.62. The number of hydrogen-bond donors (Lipinski definition) is 2. The second-order valence-corrected chi connectivity index (χ2v) is 3.92. The van der Waals surface area contributed by atoms with Crippen LogP contribution in [0.3, 0.4) is 0 Å². The van der Waals surface area contributed by atoms with Crippen LogP contribution >= 0.6 is 22.9 Å². The van der Waals surface area contributed by atoms with Gasteiger partial charge in [-0.05, 0) is 17.5 Å². The monoisotopic (exact) mass is 225 g/mol. The summed E-state index contributed by atoms with van der Waals surface area (Å²) in [5.41, 5.74) is 7.07. The highest BCUT2D eigenvalue weighted by molar-refractivity contribution is 7.08. The van der Waals surface area contributed by atoms with Gasteiger partial charge >= 0.3 is 0 Å². The van der Waals surface area contributed by atoms with Crippen LogP contribution in [0.15, 0.2) is 29.1 Å². The Morgan fingerprint density at radius 1 is 1.50 bits per heavy atom. The van der Waals surface area contributed by atoms with Gasteiger partial charge in [0.1, 0.15) is 5.82 Å². The highest BCUT2D eigenvalue weighted by atomic mass is 35.5. The van der Waals surface area contributed by atoms with Gasteiger partial charge in [-0.1, -0.05) is 11.6 Å². The minimum Gasteiger partial charge on any atom is -0.397 e. The van der Waals surface area contributed by atoms with Crippen LogP contribution in [0.4, 0.5) is 17.2 Å². The van der Waals surface area contributed by atoms with Crippen LogP contribution < -0.4 is 11.1 Å². The number of halogens is 1. The molecule has 72 valence electrons. The fourth-order valence-corrected chi connectivity index (χ4v) is 1.83. The van der Waals surface area contributed by atoms with Gasteiger partial charge in [-0.2, -0.15) is 11.3 Å². The summed E-state index contributed by atoms with van der Waals surface area (Å²) in [6.07, 6.45) is 1.57. The van der Waals surface area contributed by atoms with Crippen molar-refractivity contribution < 1.29 is 0 Å². The van der Waals surface area contributed by atoms with Crippen LogP contribution in [0.2, 0.25) is 5.02 Å². The van der Waals surface area contributed by atoms with Gasteiger partial charge in [0.25, 0.3) is 0 Å². The van der Waals surface area contributed by atoms with Crippen molar-refractivity contribution in [2.75, 3.05) is 11.1 Å². The maximum Gasteiger partial charge on any atom is 0.149 e. The normalized spacial score (nSPS) is 10.1. The van der Waals surface area contributed by atoms with E-state index in [0.29, 0.717) is 16.5 Å². The molecule has 0 saturated heterocycles. The molecule has 2 heterocycles. The van der Waals surface area contributed by atoms with E-state index in [0.717, 1.165) is 5.69 Å². The number of nitrogen functional groups attached to an aromatic ring is 1. The van der Waals surface area contributed by atoms with Gasteiger partial charge in [0.05, 0.1) is 22.6 Å². The van der Waals surface area contributed by atoms with Gasteiger partial charge in [-0.15, -0.1) is 0 Å². The molecule has 5 heteroatoms. The van der Waals surface area contributed by atoms with Crippen molar-refractivity contribution in [2.24, 2.45) is 0 Å². The average Bonchev–Trinajstić information content (AvgIpc) is 2.62. The van der Waals surface area contributed by atoms with Crippen LogP contribution in [0.1, 0.15) is 0 Å². The molecule has 0 unspecified atom stereocenters. The number of aromatic nitrogens is 1. The zero-order valence-corrected chi connectivity index (χ0v) is 8.77. The Labute approximate surface area is 90.5 Å². The maximum atomic E-state index is 5.94. The third-order valence-electron chi connectivity index (χ3n) is 1.65. The number of hydrogen-bond acceptors (Lipinski definition) is 4. The van der Waals surface area contributed by atoms with Crippen LogP contribution in [-0.2, 0) is 0 Å². The van der Waals surface area contributed by atoms with Crippen molar-refractivity contribution in [3.8, 4) is 0 Å². The number of nitrogens with two attached hydrogens (primary N) is 1. The van der Waals surface area contributed by atoms with E-state index in [1.807, 2.05) is 16.8 Å². The predicted octanol–water partition coefficient (Wildman–Crippen LogP) is 3.12. The molecule has 0 atom stereocenters. The Morgan fingerprint density at radius 2 is 2.36 bits per heavy atom. The molecule has 2 rings (SSSR count). The lowest BCUT2D eigenvalue weighted by molar-refractivity contribution is 1.31. The molecule has 0 spiro atoms. The predicted molar refractivity (Wildman–Crippen MR) is 61.3 cm³/mol. The number of thiophene rings is 1. The SMILES string of the molecule is Nc1cnc(Nc2ccsc2)c(Cl)c1. The first-order chi connectivity index (χ1) is 6.75. The molecule has 0 aliphatic rings. The average molecular weight is 226 g/mol. The standard InChI is InChI=1S/C9H8ClN3S/c10-8-3-6(11)4-12-9(8)13-7-1-2-14-5-7/h1-5H,11H2,(H,12,13). The Balaban J connectivity index is 2.25. The molecule has 2 aromatic rings. The summed E-state index contributed by atoms with van der Waals surface area (Å²) < 4.78 is 0. The molecule has 0 aliphatic carbocycles. The van der Waals surface area contributed by atoms with E-state index >= 15 is 0 Å². The molecule has 2 aromatic heterocycles. The summed E-state index contributed by atoms with van der Waals surface area (Å²) in [6, 6.07) is 3.63. The minimum absolute atomic E-state index is 0.524. The molecule has 14 heavy (non-hydrogen) atoms. The van der Waals surface area contributed by atoms with Crippen LogP contribution in [0.5, 0.6) is 0 Å². The van der Waals surface area contributed by atoms with Gasteiger partial charge in [0.15, 0.2) is 0 Å². The van der Waals surface area contributed by atoms with Crippen molar-refractivity contribution in [1.82, 2.24) is 4.98 Å². The zero-order valence-electron chi connectivity index (χ0n) is 7.20. The lowest BCUT2D eigenvalue weighted by Crippen LogP contribution is -1.94. The molecule has 0 bridgehead atoms. The van der Waals surface area contributed by atoms with E-state index in [2.05, 4.69) is 10.3 Å². The summed E-state index contributed by atoms with van der Waals surface area (Å²) in [5, 5.41) is 7.58. The highest BCUT2D eigenvalue weighted by Crippen LogP contribution is 2.25. The number of pyridine rings is 1. The van der Waals surface area contributed by atoms with Gasteiger partial charge in [-0.3, -0.25) is 0 Å². The van der Waals surface area contributed by atoms with E-state index in [-0.39, 0.29) is 0 Å². The molecule has 0 aromatic carbocycles. The second kappa shape index (κ2) is 3.86. The van der Waals surface area contributed by atoms with Gasteiger partial charge < -0.3 is 11.1 Å². The van der Waals surface area contributed by atoms with Gasteiger partial charge in [-0.25, -0.2) is 4.98 Å². The summed E-state index contributed by atoms with van der Waals surface area (Å²) in [7, 11) is 0. The first-order valence-corrected chi connectivity index (χ1v) is 5.28. The molecule has 0 aliphatic heterocycles. The maximum absolute atomic E-state index is 5.94. The van der Waals surface area contributed by atoms with Crippen molar-refractivity contribution in [3.05, 3.63) is 34.1 Å². The van der Waals surface area contributed by atoms with Crippen LogP contribution in [0, 0.1) is 0 Å².